The molecule has 4 aromatic heterocycles. The van der Waals surface area contributed by atoms with E-state index >= 15 is 0 Å². The van der Waals surface area contributed by atoms with Gasteiger partial charge in [-0.3, -0.25) is 9.38 Å². The van der Waals surface area contributed by atoms with E-state index in [2.05, 4.69) is 16.0 Å². The van der Waals surface area contributed by atoms with Gasteiger partial charge < -0.3 is 10.0 Å². The number of rotatable bonds is 6. The number of benzene rings is 1. The molecule has 4 heterocycles. The average molecular weight is 500 g/mol. The van der Waals surface area contributed by atoms with Crippen LogP contribution in [0, 0.1) is 17.1 Å². The van der Waals surface area contributed by atoms with E-state index < -0.39 is 5.97 Å². The number of pyridine rings is 1. The number of hydrogen-bond donors (Lipinski definition) is 1. The lowest BCUT2D eigenvalue weighted by atomic mass is 10.1. The highest BCUT2D eigenvalue weighted by Crippen LogP contribution is 2.37. The zero-order valence-corrected chi connectivity index (χ0v) is 20.0. The monoisotopic (exact) mass is 499 g/mol. The van der Waals surface area contributed by atoms with E-state index in [1.165, 1.54) is 35.9 Å². The lowest BCUT2D eigenvalue weighted by molar-refractivity contribution is 0.0690. The van der Waals surface area contributed by atoms with Crippen molar-refractivity contribution in [1.82, 2.24) is 24.3 Å². The van der Waals surface area contributed by atoms with Gasteiger partial charge in [-0.15, -0.1) is 0 Å². The Morgan fingerprint density at radius 2 is 1.89 bits per heavy atom. The molecule has 0 saturated carbocycles. The molecule has 0 aliphatic heterocycles. The summed E-state index contributed by atoms with van der Waals surface area (Å²) in [6.07, 6.45) is 5.15. The van der Waals surface area contributed by atoms with Crippen LogP contribution >= 0.6 is 11.3 Å². The van der Waals surface area contributed by atoms with Crippen molar-refractivity contribution < 1.29 is 14.3 Å². The van der Waals surface area contributed by atoms with Crippen molar-refractivity contribution in [3.05, 3.63) is 77.1 Å². The fraction of sp³-hybridized carbons (Fsp3) is 0.120. The third-order valence-electron chi connectivity index (χ3n) is 5.60. The first-order chi connectivity index (χ1) is 17.4. The number of anilines is 2. The van der Waals surface area contributed by atoms with Crippen molar-refractivity contribution in [2.24, 2.45) is 0 Å². The number of fused-ring (bicyclic) bond motifs is 1. The first-order valence-corrected chi connectivity index (χ1v) is 11.7. The number of aryl methyl sites for hydroxylation is 1. The van der Waals surface area contributed by atoms with E-state index in [0.717, 1.165) is 17.1 Å². The van der Waals surface area contributed by atoms with Crippen molar-refractivity contribution >= 4 is 33.9 Å². The van der Waals surface area contributed by atoms with Crippen LogP contribution in [0.15, 0.2) is 55.0 Å². The molecule has 0 fully saturated rings. The second kappa shape index (κ2) is 9.16. The Kier molecular flexibility index (Phi) is 5.87. The number of halogens is 1. The van der Waals surface area contributed by atoms with Crippen molar-refractivity contribution in [2.45, 2.75) is 13.3 Å². The van der Waals surface area contributed by atoms with Gasteiger partial charge in [0.25, 0.3) is 0 Å². The maximum Gasteiger partial charge on any atom is 0.356 e. The molecule has 0 aliphatic rings. The number of thiazole rings is 1. The summed E-state index contributed by atoms with van der Waals surface area (Å²) in [5.41, 5.74) is 3.80. The molecule has 11 heteroatoms. The number of carbonyl (C=O) groups is 1. The lowest BCUT2D eigenvalue weighted by Gasteiger charge is -2.17. The average Bonchev–Trinajstić information content (AvgIpc) is 3.50. The van der Waals surface area contributed by atoms with Crippen molar-refractivity contribution in [1.29, 1.82) is 5.26 Å². The maximum atomic E-state index is 13.4. The van der Waals surface area contributed by atoms with Crippen LogP contribution in [0.5, 0.6) is 0 Å². The Morgan fingerprint density at radius 1 is 1.14 bits per heavy atom. The number of nitrogens with zero attached hydrogens (tertiary/aromatic N) is 7. The van der Waals surface area contributed by atoms with Gasteiger partial charge in [-0.25, -0.2) is 24.1 Å². The van der Waals surface area contributed by atoms with E-state index in [1.54, 1.807) is 12.1 Å². The maximum absolute atomic E-state index is 13.4. The molecular weight excluding hydrogens is 481 g/mol. The number of aromatic carboxylic acids is 1. The second-order valence-corrected chi connectivity index (χ2v) is 8.80. The summed E-state index contributed by atoms with van der Waals surface area (Å²) in [7, 11) is 1.85. The van der Waals surface area contributed by atoms with Crippen LogP contribution in [0.1, 0.15) is 28.0 Å². The third-order valence-corrected chi connectivity index (χ3v) is 6.64. The normalized spacial score (nSPS) is 10.9. The van der Waals surface area contributed by atoms with Crippen LogP contribution < -0.4 is 4.90 Å². The predicted molar refractivity (Wildman–Crippen MR) is 133 cm³/mol. The number of nitriles is 1. The quantitative estimate of drug-likeness (QED) is 0.348. The van der Waals surface area contributed by atoms with Crippen molar-refractivity contribution in [2.75, 3.05) is 11.9 Å². The van der Waals surface area contributed by atoms with Gasteiger partial charge in [-0.2, -0.15) is 5.26 Å². The van der Waals surface area contributed by atoms with Crippen LogP contribution in [0.3, 0.4) is 0 Å². The van der Waals surface area contributed by atoms with Crippen LogP contribution in [-0.2, 0) is 6.42 Å². The summed E-state index contributed by atoms with van der Waals surface area (Å²) in [6.45, 7) is 2.00. The summed E-state index contributed by atoms with van der Waals surface area (Å²) >= 11 is 1.24. The fourth-order valence-corrected chi connectivity index (χ4v) is 4.68. The summed E-state index contributed by atoms with van der Waals surface area (Å²) < 4.78 is 15.3. The van der Waals surface area contributed by atoms with Gasteiger partial charge in [0.1, 0.15) is 33.9 Å². The molecule has 1 N–H and O–H groups in total. The van der Waals surface area contributed by atoms with Gasteiger partial charge in [0.2, 0.25) is 0 Å². The molecule has 0 amide bonds. The van der Waals surface area contributed by atoms with E-state index in [9.17, 15) is 14.4 Å². The Morgan fingerprint density at radius 3 is 2.53 bits per heavy atom. The highest BCUT2D eigenvalue weighted by molar-refractivity contribution is 7.16. The molecule has 0 spiro atoms. The molecule has 178 valence electrons. The fourth-order valence-electron chi connectivity index (χ4n) is 3.83. The molecule has 0 aliphatic carbocycles. The summed E-state index contributed by atoms with van der Waals surface area (Å²) in [5, 5.41) is 19.4. The minimum Gasteiger partial charge on any atom is -0.476 e. The smallest absolute Gasteiger partial charge is 0.356 e. The van der Waals surface area contributed by atoms with Crippen LogP contribution in [0.2, 0.25) is 0 Å². The zero-order valence-electron chi connectivity index (χ0n) is 19.2. The lowest BCUT2D eigenvalue weighted by Crippen LogP contribution is -2.13. The molecule has 0 atom stereocenters. The van der Waals surface area contributed by atoms with Crippen LogP contribution in [0.25, 0.3) is 28.2 Å². The van der Waals surface area contributed by atoms with Gasteiger partial charge in [0.15, 0.2) is 10.8 Å². The van der Waals surface area contributed by atoms with Crippen LogP contribution in [-0.4, -0.2) is 42.5 Å². The van der Waals surface area contributed by atoms with Crippen molar-refractivity contribution in [3.63, 3.8) is 0 Å². The highest BCUT2D eigenvalue weighted by Gasteiger charge is 2.22. The molecule has 0 unspecified atom stereocenters. The van der Waals surface area contributed by atoms with Gasteiger partial charge in [-0.05, 0) is 42.8 Å². The Bertz CT molecular complexity index is 1640. The molecule has 5 aromatic rings. The van der Waals surface area contributed by atoms with Gasteiger partial charge in [0.05, 0.1) is 23.8 Å². The largest absolute Gasteiger partial charge is 0.476 e. The second-order valence-electron chi connectivity index (χ2n) is 7.83. The molecule has 0 radical (unpaired) electrons. The minimum atomic E-state index is -1.14. The van der Waals surface area contributed by atoms with E-state index in [4.69, 9.17) is 15.1 Å². The number of carboxylic acid groups (broad SMARTS) is 1. The molecule has 5 rings (SSSR count). The standard InChI is InChI=1S/C25H18FN7O2S/c1-3-17-23(32(2)25-31-22(20(10-27)36-25)14-4-7-16(26)8-5-14)33-13-15(6-9-21(33)30-17)18-11-29-19(12-28-18)24(34)35/h4-9,11-13H,3H2,1-2H3,(H,34,35). The number of imidazole rings is 1. The van der Waals surface area contributed by atoms with Gasteiger partial charge in [0, 0.05) is 24.4 Å². The molecule has 0 saturated heterocycles. The molecule has 9 nitrogen and oxygen atoms in total. The van der Waals surface area contributed by atoms with Crippen molar-refractivity contribution in [3.8, 4) is 28.6 Å². The minimum absolute atomic E-state index is 0.134. The SMILES string of the molecule is CCc1nc2ccc(-c3cnc(C(=O)O)cn3)cn2c1N(C)c1nc(-c2ccc(F)cc2)c(C#N)s1. The molecule has 0 bridgehead atoms. The number of aromatic nitrogens is 5. The summed E-state index contributed by atoms with van der Waals surface area (Å²) in [4.78, 5) is 31.0. The van der Waals surface area contributed by atoms with Gasteiger partial charge in [-0.1, -0.05) is 18.3 Å². The predicted octanol–water partition coefficient (Wildman–Crippen LogP) is 4.95. The summed E-state index contributed by atoms with van der Waals surface area (Å²) in [5.74, 6) is -0.731. The number of hydrogen-bond acceptors (Lipinski definition) is 8. The molecule has 1 aromatic carbocycles. The van der Waals surface area contributed by atoms with E-state index in [-0.39, 0.29) is 11.5 Å². The van der Waals surface area contributed by atoms with Gasteiger partial charge >= 0.3 is 5.97 Å². The van der Waals surface area contributed by atoms with Crippen LogP contribution in [0.4, 0.5) is 15.3 Å². The van der Waals surface area contributed by atoms with E-state index in [1.807, 2.05) is 41.6 Å². The zero-order chi connectivity index (χ0) is 25.4. The molecule has 36 heavy (non-hydrogen) atoms. The number of carboxylic acids is 1. The molecular formula is C25H18FN7O2S. The first kappa shape index (κ1) is 23.1. The Balaban J connectivity index is 1.59. The highest BCUT2D eigenvalue weighted by atomic mass is 32.1. The Hall–Kier alpha value is -4.69. The Labute approximate surface area is 208 Å². The summed E-state index contributed by atoms with van der Waals surface area (Å²) in [6, 6.07) is 11.8. The third kappa shape index (κ3) is 4.03. The topological polar surface area (TPSA) is 120 Å². The first-order valence-electron chi connectivity index (χ1n) is 10.9. The van der Waals surface area contributed by atoms with E-state index in [0.29, 0.717) is 39.0 Å².